The van der Waals surface area contributed by atoms with Gasteiger partial charge in [0.05, 0.1) is 6.10 Å². The molecular weight excluding hydrogens is 276 g/mol. The highest BCUT2D eigenvalue weighted by Gasteiger charge is 2.24. The monoisotopic (exact) mass is 304 g/mol. The van der Waals surface area contributed by atoms with Crippen LogP contribution in [0.15, 0.2) is 24.5 Å². The summed E-state index contributed by atoms with van der Waals surface area (Å²) in [6.45, 7) is 2.91. The predicted octanol–water partition coefficient (Wildman–Crippen LogP) is 3.78. The number of nitrogens with zero attached hydrogens (tertiary/aromatic N) is 1. The molecule has 22 heavy (non-hydrogen) atoms. The minimum atomic E-state index is 0.0756. The molecule has 0 spiro atoms. The molecule has 0 aromatic carbocycles. The van der Waals surface area contributed by atoms with Crippen LogP contribution < -0.4 is 5.32 Å². The van der Waals surface area contributed by atoms with E-state index in [0.717, 1.165) is 31.2 Å². The third kappa shape index (κ3) is 5.76. The fourth-order valence-corrected chi connectivity index (χ4v) is 2.93. The van der Waals surface area contributed by atoms with Crippen LogP contribution in [0.3, 0.4) is 0 Å². The number of hydrogen-bond acceptors (Lipinski definition) is 3. The van der Waals surface area contributed by atoms with E-state index in [1.165, 1.54) is 19.3 Å². The molecule has 2 rings (SSSR count). The van der Waals surface area contributed by atoms with E-state index in [2.05, 4.69) is 17.2 Å². The SMILES string of the molecule is CCCCCCCC(=O)N[C@H]1CCO[C@@H](c2ccncc2)C1. The maximum atomic E-state index is 12.0. The van der Waals surface area contributed by atoms with Gasteiger partial charge in [0.2, 0.25) is 5.91 Å². The van der Waals surface area contributed by atoms with E-state index in [9.17, 15) is 4.79 Å². The van der Waals surface area contributed by atoms with Gasteiger partial charge in [-0.25, -0.2) is 0 Å². The van der Waals surface area contributed by atoms with Gasteiger partial charge >= 0.3 is 0 Å². The number of pyridine rings is 1. The summed E-state index contributed by atoms with van der Waals surface area (Å²) in [5, 5.41) is 3.17. The van der Waals surface area contributed by atoms with Crippen molar-refractivity contribution in [2.45, 2.75) is 70.4 Å². The van der Waals surface area contributed by atoms with Crippen molar-refractivity contribution in [3.05, 3.63) is 30.1 Å². The van der Waals surface area contributed by atoms with Gasteiger partial charge in [0, 0.05) is 31.5 Å². The Kier molecular flexibility index (Phi) is 7.37. The molecule has 1 aliphatic heterocycles. The molecule has 1 aromatic rings. The van der Waals surface area contributed by atoms with Crippen molar-refractivity contribution in [2.75, 3.05) is 6.61 Å². The molecule has 0 radical (unpaired) electrons. The van der Waals surface area contributed by atoms with Crippen molar-refractivity contribution >= 4 is 5.91 Å². The number of nitrogens with one attached hydrogen (secondary N) is 1. The standard InChI is InChI=1S/C18H28N2O2/c1-2-3-4-5-6-7-18(21)20-16-10-13-22-17(14-16)15-8-11-19-12-9-15/h8-9,11-12,16-17H,2-7,10,13-14H2,1H3,(H,20,21)/t16-,17+/m0/s1. The van der Waals surface area contributed by atoms with Gasteiger partial charge in [0.1, 0.15) is 0 Å². The van der Waals surface area contributed by atoms with Gasteiger partial charge in [-0.3, -0.25) is 9.78 Å². The molecule has 4 nitrogen and oxygen atoms in total. The normalized spacial score (nSPS) is 21.5. The second-order valence-electron chi connectivity index (χ2n) is 6.09. The van der Waals surface area contributed by atoms with Crippen LogP contribution in [-0.4, -0.2) is 23.5 Å². The quantitative estimate of drug-likeness (QED) is 0.744. The largest absolute Gasteiger partial charge is 0.373 e. The summed E-state index contributed by atoms with van der Waals surface area (Å²) in [6, 6.07) is 4.21. The first-order valence-electron chi connectivity index (χ1n) is 8.60. The highest BCUT2D eigenvalue weighted by molar-refractivity contribution is 5.76. The van der Waals surface area contributed by atoms with Crippen LogP contribution in [0.4, 0.5) is 0 Å². The Hall–Kier alpha value is -1.42. The van der Waals surface area contributed by atoms with Crippen molar-refractivity contribution in [2.24, 2.45) is 0 Å². The summed E-state index contributed by atoms with van der Waals surface area (Å²) in [4.78, 5) is 16.1. The van der Waals surface area contributed by atoms with Gasteiger partial charge < -0.3 is 10.1 Å². The highest BCUT2D eigenvalue weighted by atomic mass is 16.5. The zero-order valence-electron chi connectivity index (χ0n) is 13.6. The predicted molar refractivity (Wildman–Crippen MR) is 87.5 cm³/mol. The van der Waals surface area contributed by atoms with Crippen LogP contribution in [0.2, 0.25) is 0 Å². The lowest BCUT2D eigenvalue weighted by Crippen LogP contribution is -2.39. The van der Waals surface area contributed by atoms with E-state index in [-0.39, 0.29) is 18.1 Å². The molecule has 2 atom stereocenters. The van der Waals surface area contributed by atoms with Crippen LogP contribution in [0.25, 0.3) is 0 Å². The van der Waals surface area contributed by atoms with Crippen LogP contribution >= 0.6 is 0 Å². The molecule has 0 aliphatic carbocycles. The fraction of sp³-hybridized carbons (Fsp3) is 0.667. The minimum absolute atomic E-state index is 0.0756. The van der Waals surface area contributed by atoms with Crippen molar-refractivity contribution in [1.82, 2.24) is 10.3 Å². The zero-order chi connectivity index (χ0) is 15.6. The van der Waals surface area contributed by atoms with Crippen molar-refractivity contribution in [3.8, 4) is 0 Å². The summed E-state index contributed by atoms with van der Waals surface area (Å²) < 4.78 is 5.82. The molecule has 4 heteroatoms. The number of rotatable bonds is 8. The molecule has 1 aliphatic rings. The second-order valence-corrected chi connectivity index (χ2v) is 6.09. The third-order valence-corrected chi connectivity index (χ3v) is 4.23. The van der Waals surface area contributed by atoms with E-state index in [1.807, 2.05) is 12.1 Å². The lowest BCUT2D eigenvalue weighted by atomic mass is 9.98. The van der Waals surface area contributed by atoms with Crippen LogP contribution in [0, 0.1) is 0 Å². The second kappa shape index (κ2) is 9.57. The molecule has 0 saturated carbocycles. The topological polar surface area (TPSA) is 51.2 Å². The Morgan fingerprint density at radius 3 is 2.82 bits per heavy atom. The average Bonchev–Trinajstić information content (AvgIpc) is 2.56. The maximum absolute atomic E-state index is 12.0. The summed E-state index contributed by atoms with van der Waals surface area (Å²) in [5.41, 5.74) is 1.15. The Morgan fingerprint density at radius 1 is 1.27 bits per heavy atom. The van der Waals surface area contributed by atoms with Gasteiger partial charge in [-0.05, 0) is 37.0 Å². The molecule has 2 heterocycles. The Balaban J connectivity index is 1.70. The minimum Gasteiger partial charge on any atom is -0.373 e. The van der Waals surface area contributed by atoms with Gasteiger partial charge in [0.25, 0.3) is 0 Å². The molecule has 122 valence electrons. The average molecular weight is 304 g/mol. The Labute approximate surface area is 133 Å². The first-order valence-corrected chi connectivity index (χ1v) is 8.60. The Morgan fingerprint density at radius 2 is 2.05 bits per heavy atom. The van der Waals surface area contributed by atoms with E-state index in [4.69, 9.17) is 4.74 Å². The smallest absolute Gasteiger partial charge is 0.220 e. The van der Waals surface area contributed by atoms with Crippen LogP contribution in [0.1, 0.15) is 70.0 Å². The van der Waals surface area contributed by atoms with E-state index < -0.39 is 0 Å². The number of amides is 1. The fourth-order valence-electron chi connectivity index (χ4n) is 2.93. The number of carbonyl (C=O) groups is 1. The number of unbranched alkanes of at least 4 members (excludes halogenated alkanes) is 4. The van der Waals surface area contributed by atoms with Gasteiger partial charge in [-0.1, -0.05) is 32.6 Å². The van der Waals surface area contributed by atoms with Crippen molar-refractivity contribution in [3.63, 3.8) is 0 Å². The van der Waals surface area contributed by atoms with Gasteiger partial charge in [-0.2, -0.15) is 0 Å². The van der Waals surface area contributed by atoms with Crippen LogP contribution in [0.5, 0.6) is 0 Å². The summed E-state index contributed by atoms with van der Waals surface area (Å²) in [7, 11) is 0. The molecular formula is C18H28N2O2. The first-order chi connectivity index (χ1) is 10.8. The zero-order valence-corrected chi connectivity index (χ0v) is 13.6. The van der Waals surface area contributed by atoms with Crippen molar-refractivity contribution < 1.29 is 9.53 Å². The highest BCUT2D eigenvalue weighted by Crippen LogP contribution is 2.27. The van der Waals surface area contributed by atoms with Gasteiger partial charge in [0.15, 0.2) is 0 Å². The molecule has 1 N–H and O–H groups in total. The van der Waals surface area contributed by atoms with E-state index in [1.54, 1.807) is 12.4 Å². The lowest BCUT2D eigenvalue weighted by molar-refractivity contribution is -0.123. The van der Waals surface area contributed by atoms with Gasteiger partial charge in [-0.15, -0.1) is 0 Å². The van der Waals surface area contributed by atoms with Crippen molar-refractivity contribution in [1.29, 1.82) is 0 Å². The number of ether oxygens (including phenoxy) is 1. The molecule has 0 unspecified atom stereocenters. The molecule has 1 saturated heterocycles. The third-order valence-electron chi connectivity index (χ3n) is 4.23. The molecule has 1 amide bonds. The Bertz CT molecular complexity index is 436. The van der Waals surface area contributed by atoms with Crippen LogP contribution in [-0.2, 0) is 9.53 Å². The first kappa shape index (κ1) is 16.9. The molecule has 1 aromatic heterocycles. The summed E-state index contributed by atoms with van der Waals surface area (Å²) in [6.07, 6.45) is 12.0. The number of carbonyl (C=O) groups excluding carboxylic acids is 1. The lowest BCUT2D eigenvalue weighted by Gasteiger charge is -2.30. The maximum Gasteiger partial charge on any atom is 0.220 e. The molecule has 1 fully saturated rings. The summed E-state index contributed by atoms with van der Waals surface area (Å²) in [5.74, 6) is 0.192. The van der Waals surface area contributed by atoms with E-state index >= 15 is 0 Å². The number of aromatic nitrogens is 1. The number of hydrogen-bond donors (Lipinski definition) is 1. The summed E-state index contributed by atoms with van der Waals surface area (Å²) >= 11 is 0. The molecule has 0 bridgehead atoms. The van der Waals surface area contributed by atoms with E-state index in [0.29, 0.717) is 13.0 Å².